The van der Waals surface area contributed by atoms with Crippen molar-refractivity contribution >= 4 is 17.8 Å². The Kier molecular flexibility index (Phi) is 5.32. The largest absolute Gasteiger partial charge is 0.504 e. The number of methoxy groups -OCH3 is 1. The van der Waals surface area contributed by atoms with Gasteiger partial charge in [-0.25, -0.2) is 5.43 Å². The van der Waals surface area contributed by atoms with Crippen molar-refractivity contribution in [2.24, 2.45) is 5.10 Å². The average Bonchev–Trinajstić information content (AvgIpc) is 2.82. The van der Waals surface area contributed by atoms with Gasteiger partial charge in [0, 0.05) is 0 Å². The predicted octanol–water partition coefficient (Wildman–Crippen LogP) is 1.27. The Morgan fingerprint density at radius 3 is 2.84 bits per heavy atom. The number of nitro groups is 1. The normalized spacial score (nSPS) is 10.8. The molecule has 2 N–H and O–H groups in total. The van der Waals surface area contributed by atoms with Crippen LogP contribution in [0.3, 0.4) is 0 Å². The number of phenolic OH excluding ortho intramolecular Hbond substituents is 1. The van der Waals surface area contributed by atoms with Gasteiger partial charge in [0.25, 0.3) is 5.91 Å². The number of nitrogens with one attached hydrogen (secondary N) is 1. The van der Waals surface area contributed by atoms with Crippen molar-refractivity contribution in [3.05, 3.63) is 45.3 Å². The van der Waals surface area contributed by atoms with Crippen LogP contribution in [0.1, 0.15) is 17.0 Å². The van der Waals surface area contributed by atoms with Gasteiger partial charge in [-0.15, -0.1) is 0 Å². The van der Waals surface area contributed by atoms with Crippen LogP contribution >= 0.6 is 0 Å². The second-order valence-corrected chi connectivity index (χ2v) is 5.16. The fourth-order valence-electron chi connectivity index (χ4n) is 2.23. The van der Waals surface area contributed by atoms with Gasteiger partial charge in [-0.05, 0) is 37.6 Å². The molecule has 1 amide bonds. The summed E-state index contributed by atoms with van der Waals surface area (Å²) in [5.74, 6) is -0.206. The molecule has 0 bridgehead atoms. The zero-order valence-electron chi connectivity index (χ0n) is 13.9. The third-order valence-electron chi connectivity index (χ3n) is 3.43. The number of nitrogens with zero attached hydrogens (tertiary/aromatic N) is 4. The molecule has 1 aromatic heterocycles. The van der Waals surface area contributed by atoms with E-state index < -0.39 is 10.8 Å². The first-order valence-corrected chi connectivity index (χ1v) is 7.20. The van der Waals surface area contributed by atoms with Crippen LogP contribution < -0.4 is 10.2 Å². The molecule has 0 fully saturated rings. The Morgan fingerprint density at radius 2 is 2.24 bits per heavy atom. The molecule has 0 aliphatic rings. The van der Waals surface area contributed by atoms with E-state index in [-0.39, 0.29) is 29.4 Å². The maximum absolute atomic E-state index is 11.9. The van der Waals surface area contributed by atoms with E-state index in [1.807, 2.05) is 0 Å². The molecule has 2 aromatic rings. The van der Waals surface area contributed by atoms with Crippen LogP contribution in [0.25, 0.3) is 0 Å². The lowest BCUT2D eigenvalue weighted by molar-refractivity contribution is -0.386. The minimum atomic E-state index is -0.525. The Hall–Kier alpha value is -3.43. The lowest BCUT2D eigenvalue weighted by atomic mass is 10.2. The first-order valence-electron chi connectivity index (χ1n) is 7.20. The van der Waals surface area contributed by atoms with Gasteiger partial charge in [0.15, 0.2) is 11.5 Å². The number of hydrogen-bond acceptors (Lipinski definition) is 7. The number of aromatic hydroxyl groups is 1. The fraction of sp³-hybridized carbons (Fsp3) is 0.267. The van der Waals surface area contributed by atoms with Crippen molar-refractivity contribution in [1.82, 2.24) is 15.2 Å². The summed E-state index contributed by atoms with van der Waals surface area (Å²) in [5, 5.41) is 28.2. The molecule has 0 aliphatic heterocycles. The van der Waals surface area contributed by atoms with Crippen molar-refractivity contribution in [1.29, 1.82) is 0 Å². The molecule has 0 unspecified atom stereocenters. The van der Waals surface area contributed by atoms with Crippen LogP contribution in [-0.4, -0.2) is 39.0 Å². The van der Waals surface area contributed by atoms with Gasteiger partial charge < -0.3 is 9.84 Å². The topological polar surface area (TPSA) is 132 Å². The van der Waals surface area contributed by atoms with Crippen molar-refractivity contribution in [2.75, 3.05) is 7.11 Å². The zero-order chi connectivity index (χ0) is 18.6. The van der Waals surface area contributed by atoms with Gasteiger partial charge in [0.05, 0.1) is 18.2 Å². The van der Waals surface area contributed by atoms with E-state index in [1.165, 1.54) is 37.9 Å². The number of carbonyl (C=O) groups is 1. The van der Waals surface area contributed by atoms with Gasteiger partial charge in [0.2, 0.25) is 0 Å². The number of hydrogen-bond donors (Lipinski definition) is 2. The molecule has 0 spiro atoms. The highest BCUT2D eigenvalue weighted by Crippen LogP contribution is 2.25. The Labute approximate surface area is 142 Å². The molecule has 25 heavy (non-hydrogen) atoms. The summed E-state index contributed by atoms with van der Waals surface area (Å²) in [4.78, 5) is 22.3. The third-order valence-corrected chi connectivity index (χ3v) is 3.43. The van der Waals surface area contributed by atoms with E-state index in [0.717, 1.165) is 0 Å². The maximum Gasteiger partial charge on any atom is 0.312 e. The molecule has 10 heteroatoms. The summed E-state index contributed by atoms with van der Waals surface area (Å²) in [6.45, 7) is 2.84. The molecule has 10 nitrogen and oxygen atoms in total. The van der Waals surface area contributed by atoms with Crippen LogP contribution in [0, 0.1) is 24.0 Å². The third kappa shape index (κ3) is 4.10. The van der Waals surface area contributed by atoms with E-state index in [9.17, 15) is 20.0 Å². The van der Waals surface area contributed by atoms with Crippen LogP contribution in [0.15, 0.2) is 23.3 Å². The van der Waals surface area contributed by atoms with E-state index in [0.29, 0.717) is 11.3 Å². The highest BCUT2D eigenvalue weighted by molar-refractivity contribution is 5.83. The number of benzene rings is 1. The van der Waals surface area contributed by atoms with E-state index in [4.69, 9.17) is 4.74 Å². The Morgan fingerprint density at radius 1 is 1.52 bits per heavy atom. The first-order chi connectivity index (χ1) is 11.8. The van der Waals surface area contributed by atoms with Gasteiger partial charge >= 0.3 is 5.69 Å². The van der Waals surface area contributed by atoms with E-state index in [1.54, 1.807) is 12.1 Å². The predicted molar refractivity (Wildman–Crippen MR) is 88.8 cm³/mol. The Balaban J connectivity index is 2.02. The molecule has 0 atom stereocenters. The number of carbonyl (C=O) groups excluding carboxylic acids is 1. The molecule has 0 saturated carbocycles. The number of aromatic nitrogens is 2. The summed E-state index contributed by atoms with van der Waals surface area (Å²) in [6.07, 6.45) is 1.38. The van der Waals surface area contributed by atoms with E-state index >= 15 is 0 Å². The minimum absolute atomic E-state index is 0.00481. The monoisotopic (exact) mass is 347 g/mol. The molecule has 2 rings (SSSR count). The highest BCUT2D eigenvalue weighted by Gasteiger charge is 2.22. The molecule has 0 radical (unpaired) electrons. The summed E-state index contributed by atoms with van der Waals surface area (Å²) in [5.41, 5.74) is 3.36. The van der Waals surface area contributed by atoms with E-state index in [2.05, 4.69) is 15.6 Å². The van der Waals surface area contributed by atoms with Gasteiger partial charge in [-0.1, -0.05) is 0 Å². The molecule has 1 heterocycles. The van der Waals surface area contributed by atoms with Crippen LogP contribution in [0.2, 0.25) is 0 Å². The van der Waals surface area contributed by atoms with Crippen LogP contribution in [-0.2, 0) is 11.3 Å². The number of phenols is 1. The number of rotatable bonds is 6. The quantitative estimate of drug-likeness (QED) is 0.459. The molecular weight excluding hydrogens is 330 g/mol. The molecule has 0 saturated heterocycles. The fourth-order valence-corrected chi connectivity index (χ4v) is 2.23. The highest BCUT2D eigenvalue weighted by atomic mass is 16.6. The summed E-state index contributed by atoms with van der Waals surface area (Å²) < 4.78 is 6.22. The summed E-state index contributed by atoms with van der Waals surface area (Å²) >= 11 is 0. The van der Waals surface area contributed by atoms with Gasteiger partial charge in [-0.2, -0.15) is 10.2 Å². The van der Waals surface area contributed by atoms with Crippen molar-refractivity contribution in [3.63, 3.8) is 0 Å². The maximum atomic E-state index is 11.9. The number of aryl methyl sites for hydroxylation is 1. The number of hydrazone groups is 1. The molecule has 1 aromatic carbocycles. The lowest BCUT2D eigenvalue weighted by Gasteiger charge is -2.04. The molecule has 0 aliphatic carbocycles. The zero-order valence-corrected chi connectivity index (χ0v) is 13.9. The molecule has 132 valence electrons. The SMILES string of the molecule is COc1cc(C=NNC(=O)Cn2nc(C)c([N+](=O)[O-])c2C)ccc1O. The standard InChI is InChI=1S/C15H17N5O5/c1-9-15(20(23)24)10(2)19(18-9)8-14(22)17-16-7-11-4-5-12(21)13(6-11)25-3/h4-7,21H,8H2,1-3H3,(H,17,22). The molecular formula is C15H17N5O5. The number of amides is 1. The van der Waals surface area contributed by atoms with Gasteiger partial charge in [-0.3, -0.25) is 19.6 Å². The Bertz CT molecular complexity index is 843. The average molecular weight is 347 g/mol. The second kappa shape index (κ2) is 7.43. The minimum Gasteiger partial charge on any atom is -0.504 e. The van der Waals surface area contributed by atoms with Gasteiger partial charge in [0.1, 0.15) is 17.9 Å². The lowest BCUT2D eigenvalue weighted by Crippen LogP contribution is -2.24. The smallest absolute Gasteiger partial charge is 0.312 e. The summed E-state index contributed by atoms with van der Waals surface area (Å²) in [6, 6.07) is 4.59. The van der Waals surface area contributed by atoms with Crippen molar-refractivity contribution in [2.45, 2.75) is 20.4 Å². The summed E-state index contributed by atoms with van der Waals surface area (Å²) in [7, 11) is 1.42. The number of ether oxygens (including phenoxy) is 1. The van der Waals surface area contributed by atoms with Crippen molar-refractivity contribution in [3.8, 4) is 11.5 Å². The van der Waals surface area contributed by atoms with Crippen molar-refractivity contribution < 1.29 is 19.6 Å². The van der Waals surface area contributed by atoms with Crippen LogP contribution in [0.4, 0.5) is 5.69 Å². The van der Waals surface area contributed by atoms with Crippen LogP contribution in [0.5, 0.6) is 11.5 Å². The second-order valence-electron chi connectivity index (χ2n) is 5.16. The first kappa shape index (κ1) is 17.9.